The van der Waals surface area contributed by atoms with E-state index >= 15 is 0 Å². The number of carbonyl (C=O) groups excluding carboxylic acids is 2. The molecular weight excluding hydrogens is 440 g/mol. The second-order valence-corrected chi connectivity index (χ2v) is 8.71. The minimum Gasteiger partial charge on any atom is -0.462 e. The van der Waals surface area contributed by atoms with Gasteiger partial charge in [-0.15, -0.1) is 11.3 Å². The van der Waals surface area contributed by atoms with Crippen molar-refractivity contribution < 1.29 is 19.2 Å². The summed E-state index contributed by atoms with van der Waals surface area (Å²) in [5.74, 6) is -0.358. The Hall–Kier alpha value is -3.52. The highest BCUT2D eigenvalue weighted by molar-refractivity contribution is 7.15. The van der Waals surface area contributed by atoms with Gasteiger partial charge >= 0.3 is 5.97 Å². The van der Waals surface area contributed by atoms with Crippen LogP contribution < -0.4 is 5.32 Å². The molecule has 2 aromatic carbocycles. The molecule has 0 bridgehead atoms. The Morgan fingerprint density at radius 3 is 2.52 bits per heavy atom. The van der Waals surface area contributed by atoms with Crippen molar-refractivity contribution in [2.75, 3.05) is 11.9 Å². The molecule has 3 rings (SSSR count). The van der Waals surface area contributed by atoms with E-state index in [9.17, 15) is 19.7 Å². The minimum atomic E-state index is -0.583. The summed E-state index contributed by atoms with van der Waals surface area (Å²) < 4.78 is 5.19. The maximum atomic E-state index is 12.7. The summed E-state index contributed by atoms with van der Waals surface area (Å²) in [6.45, 7) is 6.13. The van der Waals surface area contributed by atoms with E-state index in [0.717, 1.165) is 5.56 Å². The van der Waals surface area contributed by atoms with E-state index in [0.29, 0.717) is 28.5 Å². The number of anilines is 1. The number of nitro groups is 1. The number of nitro benzene ring substituents is 1. The van der Waals surface area contributed by atoms with Crippen LogP contribution in [0.2, 0.25) is 0 Å². The molecule has 1 heterocycles. The van der Waals surface area contributed by atoms with Gasteiger partial charge in [-0.2, -0.15) is 0 Å². The van der Waals surface area contributed by atoms with Gasteiger partial charge in [0, 0.05) is 29.5 Å². The molecule has 8 heteroatoms. The van der Waals surface area contributed by atoms with Crippen LogP contribution in [-0.4, -0.2) is 23.4 Å². The first kappa shape index (κ1) is 24.1. The SMILES string of the molecule is CCOC(=O)c1c(-c2cccc([N+](=O)[O-])c2)csc1NC(=O)CCc1ccc(C(C)C)cc1. The number of ether oxygens (including phenoxy) is 1. The first-order valence-electron chi connectivity index (χ1n) is 10.7. The van der Waals surface area contributed by atoms with E-state index < -0.39 is 10.9 Å². The Labute approximate surface area is 196 Å². The zero-order valence-electron chi connectivity index (χ0n) is 18.8. The number of esters is 1. The van der Waals surface area contributed by atoms with E-state index in [1.54, 1.807) is 24.4 Å². The molecule has 0 aliphatic rings. The van der Waals surface area contributed by atoms with Gasteiger partial charge in [0.2, 0.25) is 5.91 Å². The number of rotatable bonds is 9. The summed E-state index contributed by atoms with van der Waals surface area (Å²) in [6, 6.07) is 14.2. The largest absolute Gasteiger partial charge is 0.462 e. The predicted molar refractivity (Wildman–Crippen MR) is 130 cm³/mol. The van der Waals surface area contributed by atoms with Gasteiger partial charge in [0.1, 0.15) is 10.6 Å². The van der Waals surface area contributed by atoms with Crippen molar-refractivity contribution in [2.45, 2.75) is 39.5 Å². The molecule has 0 atom stereocenters. The van der Waals surface area contributed by atoms with Gasteiger partial charge in [0.25, 0.3) is 5.69 Å². The van der Waals surface area contributed by atoms with Crippen molar-refractivity contribution in [2.24, 2.45) is 0 Å². The maximum absolute atomic E-state index is 12.7. The first-order valence-corrected chi connectivity index (χ1v) is 11.6. The standard InChI is InChI=1S/C25H26N2O5S/c1-4-32-25(29)23-21(19-6-5-7-20(14-19)27(30)31)15-33-24(23)26-22(28)13-10-17-8-11-18(12-9-17)16(2)3/h5-9,11-12,14-16H,4,10,13H2,1-3H3,(H,26,28). The molecule has 33 heavy (non-hydrogen) atoms. The molecule has 0 saturated heterocycles. The molecule has 0 fully saturated rings. The van der Waals surface area contributed by atoms with Gasteiger partial charge in [-0.3, -0.25) is 14.9 Å². The van der Waals surface area contributed by atoms with E-state index in [-0.39, 0.29) is 30.2 Å². The molecule has 0 unspecified atom stereocenters. The van der Waals surface area contributed by atoms with Gasteiger partial charge < -0.3 is 10.1 Å². The molecule has 0 saturated carbocycles. The van der Waals surface area contributed by atoms with E-state index in [2.05, 4.69) is 31.3 Å². The van der Waals surface area contributed by atoms with Gasteiger partial charge in [-0.05, 0) is 36.0 Å². The van der Waals surface area contributed by atoms with Crippen LogP contribution in [0, 0.1) is 10.1 Å². The van der Waals surface area contributed by atoms with Crippen LogP contribution in [-0.2, 0) is 16.0 Å². The number of amides is 1. The summed E-state index contributed by atoms with van der Waals surface area (Å²) in [5, 5.41) is 16.0. The number of nitrogens with one attached hydrogen (secondary N) is 1. The summed E-state index contributed by atoms with van der Waals surface area (Å²) in [4.78, 5) is 36.0. The molecule has 172 valence electrons. The van der Waals surface area contributed by atoms with Gasteiger partial charge in [-0.25, -0.2) is 4.79 Å². The van der Waals surface area contributed by atoms with Crippen LogP contribution in [0.25, 0.3) is 11.1 Å². The number of thiophene rings is 1. The lowest BCUT2D eigenvalue weighted by Crippen LogP contribution is -2.15. The molecule has 1 N–H and O–H groups in total. The molecular formula is C25H26N2O5S. The fourth-order valence-corrected chi connectivity index (χ4v) is 4.35. The summed E-state index contributed by atoms with van der Waals surface area (Å²) in [6.07, 6.45) is 0.829. The Morgan fingerprint density at radius 2 is 1.88 bits per heavy atom. The first-order chi connectivity index (χ1) is 15.8. The highest BCUT2D eigenvalue weighted by Crippen LogP contribution is 2.37. The van der Waals surface area contributed by atoms with Crippen molar-refractivity contribution in [3.05, 3.63) is 80.7 Å². The maximum Gasteiger partial charge on any atom is 0.341 e. The number of hydrogen-bond acceptors (Lipinski definition) is 6. The second kappa shape index (κ2) is 10.9. The molecule has 3 aromatic rings. The fourth-order valence-electron chi connectivity index (χ4n) is 3.37. The number of nitrogens with zero attached hydrogens (tertiary/aromatic N) is 1. The second-order valence-electron chi connectivity index (χ2n) is 7.83. The zero-order valence-corrected chi connectivity index (χ0v) is 19.6. The fraction of sp³-hybridized carbons (Fsp3) is 0.280. The van der Waals surface area contributed by atoms with Crippen molar-refractivity contribution in [3.8, 4) is 11.1 Å². The lowest BCUT2D eigenvalue weighted by Gasteiger charge is -2.09. The van der Waals surface area contributed by atoms with E-state index in [1.807, 2.05) is 12.1 Å². The number of carbonyl (C=O) groups is 2. The minimum absolute atomic E-state index is 0.0809. The lowest BCUT2D eigenvalue weighted by atomic mass is 10.0. The summed E-state index contributed by atoms with van der Waals surface area (Å²) in [7, 11) is 0. The average molecular weight is 467 g/mol. The Balaban J connectivity index is 1.79. The third-order valence-corrected chi connectivity index (χ3v) is 6.07. The number of aryl methyl sites for hydroxylation is 1. The van der Waals surface area contributed by atoms with Crippen LogP contribution in [0.15, 0.2) is 53.9 Å². The van der Waals surface area contributed by atoms with Crippen molar-refractivity contribution in [3.63, 3.8) is 0 Å². The third-order valence-electron chi connectivity index (χ3n) is 5.18. The Kier molecular flexibility index (Phi) is 7.95. The quantitative estimate of drug-likeness (QED) is 0.230. The summed E-state index contributed by atoms with van der Waals surface area (Å²) >= 11 is 1.19. The Bertz CT molecular complexity index is 1150. The summed E-state index contributed by atoms with van der Waals surface area (Å²) in [5.41, 5.74) is 3.42. The van der Waals surface area contributed by atoms with Crippen LogP contribution in [0.3, 0.4) is 0 Å². The van der Waals surface area contributed by atoms with Crippen LogP contribution in [0.1, 0.15) is 54.6 Å². The van der Waals surface area contributed by atoms with Crippen molar-refractivity contribution in [1.82, 2.24) is 0 Å². The Morgan fingerprint density at radius 1 is 1.15 bits per heavy atom. The number of hydrogen-bond donors (Lipinski definition) is 1. The van der Waals surface area contributed by atoms with Crippen LogP contribution >= 0.6 is 11.3 Å². The monoisotopic (exact) mass is 466 g/mol. The number of benzene rings is 2. The molecule has 1 aromatic heterocycles. The van der Waals surface area contributed by atoms with Gasteiger partial charge in [0.05, 0.1) is 11.5 Å². The molecule has 0 aliphatic heterocycles. The molecule has 7 nitrogen and oxygen atoms in total. The van der Waals surface area contributed by atoms with Crippen molar-refractivity contribution in [1.29, 1.82) is 0 Å². The smallest absolute Gasteiger partial charge is 0.341 e. The van der Waals surface area contributed by atoms with E-state index in [1.165, 1.54) is 29.0 Å². The van der Waals surface area contributed by atoms with Crippen LogP contribution in [0.5, 0.6) is 0 Å². The topological polar surface area (TPSA) is 98.5 Å². The van der Waals surface area contributed by atoms with Crippen molar-refractivity contribution >= 4 is 33.9 Å². The van der Waals surface area contributed by atoms with Gasteiger partial charge in [-0.1, -0.05) is 50.2 Å². The lowest BCUT2D eigenvalue weighted by molar-refractivity contribution is -0.384. The molecule has 1 amide bonds. The zero-order chi connectivity index (χ0) is 24.0. The molecule has 0 radical (unpaired) electrons. The molecule has 0 aliphatic carbocycles. The third kappa shape index (κ3) is 6.04. The highest BCUT2D eigenvalue weighted by atomic mass is 32.1. The highest BCUT2D eigenvalue weighted by Gasteiger charge is 2.23. The predicted octanol–water partition coefficient (Wildman–Crippen LogP) is 6.19. The molecule has 0 spiro atoms. The van der Waals surface area contributed by atoms with Crippen LogP contribution in [0.4, 0.5) is 10.7 Å². The normalized spacial score (nSPS) is 10.8. The van der Waals surface area contributed by atoms with E-state index in [4.69, 9.17) is 4.74 Å². The number of non-ortho nitro benzene ring substituents is 1. The van der Waals surface area contributed by atoms with Gasteiger partial charge in [0.15, 0.2) is 0 Å². The average Bonchev–Trinajstić information content (AvgIpc) is 3.21.